The number of carbonyl (C=O) groups excluding carboxylic acids is 6. The number of anilines is 1. The average molecular weight is 1030 g/mol. The van der Waals surface area contributed by atoms with Crippen LogP contribution in [-0.2, 0) is 52.8 Å². The predicted molar refractivity (Wildman–Crippen MR) is 283 cm³/mol. The van der Waals surface area contributed by atoms with Crippen LogP contribution in [0.25, 0.3) is 10.4 Å². The Kier molecular flexibility index (Phi) is 18.0. The van der Waals surface area contributed by atoms with Crippen LogP contribution in [0.2, 0.25) is 0 Å². The summed E-state index contributed by atoms with van der Waals surface area (Å²) in [4.78, 5) is 88.1. The molecule has 5 N–H and O–H groups in total. The number of esters is 1. The molecule has 1 fully saturated rings. The summed E-state index contributed by atoms with van der Waals surface area (Å²) in [6, 6.07) is 15.8. The zero-order valence-corrected chi connectivity index (χ0v) is 44.6. The molecule has 0 spiro atoms. The molecule has 74 heavy (non-hydrogen) atoms. The first-order chi connectivity index (χ1) is 35.2. The van der Waals surface area contributed by atoms with Crippen molar-refractivity contribution >= 4 is 52.5 Å². The van der Waals surface area contributed by atoms with Crippen molar-refractivity contribution in [2.24, 2.45) is 17.1 Å². The quantitative estimate of drug-likeness (QED) is 0.0442. The zero-order chi connectivity index (χ0) is 53.4. The maximum atomic E-state index is 16.0. The van der Waals surface area contributed by atoms with E-state index >= 15 is 4.39 Å². The van der Waals surface area contributed by atoms with E-state index in [9.17, 15) is 28.8 Å². The summed E-state index contributed by atoms with van der Waals surface area (Å²) >= 11 is 1.58. The summed E-state index contributed by atoms with van der Waals surface area (Å²) < 4.78 is 27.6. The van der Waals surface area contributed by atoms with Gasteiger partial charge in [0.1, 0.15) is 24.8 Å². The summed E-state index contributed by atoms with van der Waals surface area (Å²) in [5.41, 5.74) is 13.5. The second kappa shape index (κ2) is 24.2. The van der Waals surface area contributed by atoms with Crippen molar-refractivity contribution < 1.29 is 42.6 Å². The van der Waals surface area contributed by atoms with Crippen LogP contribution >= 0.6 is 11.3 Å². The minimum atomic E-state index is -0.767. The number of amides is 5. The molecule has 4 heterocycles. The van der Waals surface area contributed by atoms with Gasteiger partial charge in [0.2, 0.25) is 29.5 Å². The number of likely N-dealkylation sites (tertiary alicyclic amines) is 1. The number of unbranched alkanes of at least 4 members (excludes halogenated alkanes) is 2. The highest BCUT2D eigenvalue weighted by Gasteiger charge is 2.45. The number of nitrogens with two attached hydrogens (primary N) is 1. The molecule has 15 nitrogen and oxygen atoms in total. The number of nitrogens with zero attached hydrogens (tertiary/aromatic N) is 3. The molecule has 0 aliphatic carbocycles. The molecule has 4 aromatic rings. The number of aromatic nitrogens is 1. The van der Waals surface area contributed by atoms with Crippen molar-refractivity contribution in [1.82, 2.24) is 25.8 Å². The van der Waals surface area contributed by atoms with E-state index in [2.05, 4.69) is 27.5 Å². The number of rotatable bonds is 22. The van der Waals surface area contributed by atoms with Crippen molar-refractivity contribution in [3.8, 4) is 16.2 Å². The Morgan fingerprint density at radius 3 is 2.35 bits per heavy atom. The van der Waals surface area contributed by atoms with E-state index in [-0.39, 0.29) is 80.2 Å². The standard InChI is InChI=1S/C57H72FN7O8S/c1-33-20-21-40-16-12-17-42-28-46(65(51(40)42)56(33)71)55(70)62-43(26-27-48(59)67)31-72-47-18-13-15-39(50(47)58)14-10-9-11-19-49(68)63-53(57(6,7)8)36(4)64-30-44(73-37(5)66)29-45(64)54(69)61-34(2)38-22-24-41(25-23-38)52-35(3)60-32-74-52/h12-13,15-18,22-25,32-34,43-46,53H,4,9-11,14,19-21,26-31H2,1-3,5-8H3,(H2,59,67)(H,61,69)(H,62,70)(H,63,68)/t33-,34-,43-,44+,45-,46-,53+/m0/s1. The highest BCUT2D eigenvalue weighted by Crippen LogP contribution is 2.40. The van der Waals surface area contributed by atoms with Crippen LogP contribution in [0.1, 0.15) is 127 Å². The first-order valence-corrected chi connectivity index (χ1v) is 26.7. The summed E-state index contributed by atoms with van der Waals surface area (Å²) in [5.74, 6) is -2.69. The number of hydrogen-bond acceptors (Lipinski definition) is 11. The molecule has 0 unspecified atom stereocenters. The van der Waals surface area contributed by atoms with Crippen molar-refractivity contribution in [3.05, 3.63) is 112 Å². The number of halogens is 1. The molecule has 3 aliphatic rings. The fourth-order valence-corrected chi connectivity index (χ4v) is 11.2. The van der Waals surface area contributed by atoms with Gasteiger partial charge in [-0.1, -0.05) is 95.3 Å². The molecular weight excluding hydrogens is 962 g/mol. The Balaban J connectivity index is 0.909. The molecule has 3 aliphatic heterocycles. The van der Waals surface area contributed by atoms with Crippen molar-refractivity contribution in [2.75, 3.05) is 18.1 Å². The smallest absolute Gasteiger partial charge is 0.302 e. The molecule has 0 saturated carbocycles. The number of benzene rings is 3. The number of ether oxygens (including phenoxy) is 2. The van der Waals surface area contributed by atoms with E-state index < -0.39 is 53.4 Å². The lowest BCUT2D eigenvalue weighted by atomic mass is 9.84. The van der Waals surface area contributed by atoms with Crippen molar-refractivity contribution in [1.29, 1.82) is 0 Å². The highest BCUT2D eigenvalue weighted by molar-refractivity contribution is 7.13. The largest absolute Gasteiger partial charge is 0.488 e. The molecule has 1 aromatic heterocycles. The average Bonchev–Trinajstić information content (AvgIpc) is 4.08. The van der Waals surface area contributed by atoms with Gasteiger partial charge in [-0.15, -0.1) is 11.3 Å². The van der Waals surface area contributed by atoms with Gasteiger partial charge < -0.3 is 36.1 Å². The Morgan fingerprint density at radius 1 is 0.946 bits per heavy atom. The first-order valence-electron chi connectivity index (χ1n) is 25.9. The Hall–Kier alpha value is -6.62. The second-order valence-corrected chi connectivity index (χ2v) is 22.1. The van der Waals surface area contributed by atoms with E-state index in [1.807, 2.05) is 94.4 Å². The highest BCUT2D eigenvalue weighted by atomic mass is 32.1. The lowest BCUT2D eigenvalue weighted by Crippen LogP contribution is -2.52. The van der Waals surface area contributed by atoms with Gasteiger partial charge in [-0.25, -0.2) is 9.37 Å². The third-order valence-corrected chi connectivity index (χ3v) is 15.4. The predicted octanol–water partition coefficient (Wildman–Crippen LogP) is 7.96. The lowest BCUT2D eigenvalue weighted by molar-refractivity contribution is -0.145. The number of nitrogens with one attached hydrogen (secondary N) is 3. The van der Waals surface area contributed by atoms with Gasteiger partial charge in [-0.2, -0.15) is 0 Å². The molecule has 7 rings (SSSR count). The summed E-state index contributed by atoms with van der Waals surface area (Å²) in [5, 5.41) is 9.32. The molecule has 396 valence electrons. The SMILES string of the molecule is C=C([C@@H](NC(=O)CCCCCc1cccc(OC[C@H](CCC(N)=O)NC(=O)[C@@H]2Cc3cccc4c3N2C(=O)[C@@H](C)CC4)c1F)C(C)(C)C)N1C[C@H](OC(C)=O)C[C@H]1C(=O)N[C@@H](C)c1ccc(-c2scnc2C)cc1. The van der Waals surface area contributed by atoms with E-state index in [1.54, 1.807) is 28.4 Å². The van der Waals surface area contributed by atoms with Crippen LogP contribution in [0.3, 0.4) is 0 Å². The molecule has 1 saturated heterocycles. The van der Waals surface area contributed by atoms with Gasteiger partial charge in [0.25, 0.3) is 0 Å². The topological polar surface area (TPSA) is 202 Å². The molecule has 3 aromatic carbocycles. The molecule has 17 heteroatoms. The number of para-hydroxylation sites is 1. The van der Waals surface area contributed by atoms with E-state index in [0.29, 0.717) is 49.8 Å². The van der Waals surface area contributed by atoms with Crippen LogP contribution in [-0.4, -0.2) is 88.8 Å². The number of aryl methyl sites for hydroxylation is 3. The normalized spacial score (nSPS) is 19.4. The van der Waals surface area contributed by atoms with Gasteiger partial charge in [0, 0.05) is 44.2 Å². The first kappa shape index (κ1) is 55.1. The van der Waals surface area contributed by atoms with Crippen LogP contribution in [0.5, 0.6) is 5.75 Å². The van der Waals surface area contributed by atoms with Crippen LogP contribution in [0.4, 0.5) is 10.1 Å². The van der Waals surface area contributed by atoms with Crippen LogP contribution in [0.15, 0.2) is 78.5 Å². The van der Waals surface area contributed by atoms with Crippen LogP contribution < -0.4 is 31.3 Å². The van der Waals surface area contributed by atoms with Crippen molar-refractivity contribution in [3.63, 3.8) is 0 Å². The molecule has 0 bridgehead atoms. The van der Waals surface area contributed by atoms with Gasteiger partial charge in [-0.3, -0.25) is 33.7 Å². The zero-order valence-electron chi connectivity index (χ0n) is 43.8. The molecular formula is C57H72FN7O8S. The fourth-order valence-electron chi connectivity index (χ4n) is 10.4. The Morgan fingerprint density at radius 2 is 1.66 bits per heavy atom. The molecule has 0 radical (unpaired) electrons. The minimum absolute atomic E-state index is 0.00224. The second-order valence-electron chi connectivity index (χ2n) is 21.2. The third kappa shape index (κ3) is 13.4. The third-order valence-electron chi connectivity index (χ3n) is 14.4. The van der Waals surface area contributed by atoms with Crippen molar-refractivity contribution in [2.45, 2.75) is 155 Å². The summed E-state index contributed by atoms with van der Waals surface area (Å²) in [7, 11) is 0. The minimum Gasteiger partial charge on any atom is -0.488 e. The van der Waals surface area contributed by atoms with Gasteiger partial charge in [0.05, 0.1) is 46.4 Å². The lowest BCUT2D eigenvalue weighted by Gasteiger charge is -2.39. The van der Waals surface area contributed by atoms with Crippen LogP contribution in [0, 0.1) is 24.1 Å². The number of carbonyl (C=O) groups is 6. The van der Waals surface area contributed by atoms with E-state index in [0.717, 1.165) is 44.9 Å². The van der Waals surface area contributed by atoms with Gasteiger partial charge >= 0.3 is 5.97 Å². The van der Waals surface area contributed by atoms with E-state index in [4.69, 9.17) is 15.2 Å². The maximum Gasteiger partial charge on any atom is 0.302 e. The maximum absolute atomic E-state index is 16.0. The fraction of sp³-hybridized carbons (Fsp3) is 0.491. The van der Waals surface area contributed by atoms with Gasteiger partial charge in [0.15, 0.2) is 11.6 Å². The Labute approximate surface area is 438 Å². The number of thiazole rings is 1. The monoisotopic (exact) mass is 1030 g/mol. The number of primary amides is 1. The van der Waals surface area contributed by atoms with E-state index in [1.165, 1.54) is 13.0 Å². The number of hydrogen-bond donors (Lipinski definition) is 4. The summed E-state index contributed by atoms with van der Waals surface area (Å²) in [6.07, 6.45) is 3.99. The Bertz CT molecular complexity index is 2720. The molecule has 7 atom stereocenters. The molecule has 5 amide bonds. The summed E-state index contributed by atoms with van der Waals surface area (Å²) in [6.45, 7) is 17.6. The van der Waals surface area contributed by atoms with Gasteiger partial charge in [-0.05, 0) is 91.7 Å².